The monoisotopic (exact) mass is 957 g/mol. The number of aldehydes is 1. The van der Waals surface area contributed by atoms with Crippen LogP contribution in [0.1, 0.15) is 61.3 Å². The number of ether oxygens (including phenoxy) is 8. The number of aromatic hydroxyl groups is 2. The molecule has 0 spiro atoms. The number of carboxylic acid groups (broad SMARTS) is 1. The van der Waals surface area contributed by atoms with Crippen molar-refractivity contribution in [2.75, 3.05) is 13.2 Å². The summed E-state index contributed by atoms with van der Waals surface area (Å²) in [6.45, 7) is -0.286. The average molecular weight is 958 g/mol. The van der Waals surface area contributed by atoms with Gasteiger partial charge in [-0.15, -0.1) is 0 Å². The number of rotatable bonds is 17. The van der Waals surface area contributed by atoms with Gasteiger partial charge in [-0.3, -0.25) is 4.79 Å². The van der Waals surface area contributed by atoms with Crippen LogP contribution < -0.4 is 5.32 Å². The number of benzene rings is 3. The summed E-state index contributed by atoms with van der Waals surface area (Å²) in [7, 11) is 0. The molecule has 12 unspecified atom stereocenters. The number of hydrogen-bond donors (Lipinski definition) is 6. The van der Waals surface area contributed by atoms with E-state index in [1.165, 1.54) is 43.3 Å². The molecule has 1 aromatic heterocycles. The maximum atomic E-state index is 14.0. The maximum absolute atomic E-state index is 14.0. The molecule has 2 aliphatic heterocycles. The summed E-state index contributed by atoms with van der Waals surface area (Å²) in [5.74, 6) is -7.59. The van der Waals surface area contributed by atoms with Gasteiger partial charge in [0, 0.05) is 12.0 Å². The van der Waals surface area contributed by atoms with E-state index in [4.69, 9.17) is 37.9 Å². The van der Waals surface area contributed by atoms with Crippen LogP contribution in [0.4, 0.5) is 0 Å². The lowest BCUT2D eigenvalue weighted by molar-refractivity contribution is -0.330. The molecule has 6 N–H and O–H groups in total. The van der Waals surface area contributed by atoms with Crippen molar-refractivity contribution in [3.63, 3.8) is 0 Å². The van der Waals surface area contributed by atoms with Gasteiger partial charge < -0.3 is 73.5 Å². The maximum Gasteiger partial charge on any atom is 0.338 e. The first-order valence-electron chi connectivity index (χ1n) is 21.5. The van der Waals surface area contributed by atoms with Crippen LogP contribution in [-0.2, 0) is 47.5 Å². The lowest BCUT2D eigenvalue weighted by Gasteiger charge is -2.48. The summed E-state index contributed by atoms with van der Waals surface area (Å²) in [5, 5.41) is 53.9. The van der Waals surface area contributed by atoms with Crippen LogP contribution in [0.15, 0.2) is 109 Å². The number of aliphatic hydroxyl groups excluding tert-OH is 2. The van der Waals surface area contributed by atoms with Crippen molar-refractivity contribution in [2.24, 2.45) is 5.92 Å². The van der Waals surface area contributed by atoms with Crippen LogP contribution >= 0.6 is 0 Å². The van der Waals surface area contributed by atoms with Crippen LogP contribution in [0.3, 0.4) is 0 Å². The van der Waals surface area contributed by atoms with E-state index in [0.717, 1.165) is 12.1 Å². The van der Waals surface area contributed by atoms with Crippen LogP contribution in [0.2, 0.25) is 0 Å². The van der Waals surface area contributed by atoms with E-state index < -0.39 is 140 Å². The standard InChI is InChI=1S/C47H47N3O19/c1-24-31(52)20-32(53)45(64-24)69-37-29(48-41(57)30-19-35(54)50-47(61)49-30)17-25(21-51)18-33(37)65-46-40(68-44(60)28-15-9-4-10-16-28)39(62-23-36(55)56)38(67-43(59)27-13-7-3-8-14-27)34(66-46)22-63-42(58)26-11-5-2-6-12-26/h2-16,19-21,24-25,29,31,33-34,37-40,45-46,52-53H,17-18,22-23H2,1H3,(H,48,57)(H,55,56)(H2,49,50,54,61). The second-order valence-electron chi connectivity index (χ2n) is 16.0. The van der Waals surface area contributed by atoms with Crippen LogP contribution in [0.5, 0.6) is 11.9 Å². The molecule has 69 heavy (non-hydrogen) atoms. The van der Waals surface area contributed by atoms with E-state index in [1.54, 1.807) is 54.6 Å². The van der Waals surface area contributed by atoms with Gasteiger partial charge >= 0.3 is 29.9 Å². The molecule has 22 heteroatoms. The van der Waals surface area contributed by atoms with Gasteiger partial charge in [-0.05, 0) is 62.2 Å². The van der Waals surface area contributed by atoms with Gasteiger partial charge in [0.2, 0.25) is 12.2 Å². The number of carboxylic acids is 1. The zero-order valence-electron chi connectivity index (χ0n) is 36.5. The van der Waals surface area contributed by atoms with E-state index in [-0.39, 0.29) is 29.5 Å². The Morgan fingerprint density at radius 1 is 0.754 bits per heavy atom. The van der Waals surface area contributed by atoms with Gasteiger partial charge in [-0.1, -0.05) is 54.6 Å². The number of esters is 3. The van der Waals surface area contributed by atoms with Gasteiger partial charge in [0.15, 0.2) is 18.5 Å². The van der Waals surface area contributed by atoms with E-state index in [2.05, 4.69) is 15.3 Å². The fraction of sp³-hybridized carbons (Fsp3) is 0.362. The molecule has 12 atom stereocenters. The lowest BCUT2D eigenvalue weighted by Crippen LogP contribution is -2.65. The van der Waals surface area contributed by atoms with Crippen molar-refractivity contribution < 1.29 is 92.2 Å². The topological polar surface area (TPSA) is 315 Å². The number of aromatic nitrogens is 2. The molecule has 0 radical (unpaired) electrons. The molecule has 22 nitrogen and oxygen atoms in total. The minimum atomic E-state index is -1.91. The molecule has 0 bridgehead atoms. The Bertz CT molecular complexity index is 2460. The van der Waals surface area contributed by atoms with Crippen molar-refractivity contribution in [3.8, 4) is 11.9 Å². The minimum absolute atomic E-state index is 0.00228. The smallest absolute Gasteiger partial charge is 0.338 e. The fourth-order valence-corrected chi connectivity index (χ4v) is 7.84. The molecule has 1 amide bonds. The zero-order chi connectivity index (χ0) is 49.2. The predicted octanol–water partition coefficient (Wildman–Crippen LogP) is 2.42. The predicted molar refractivity (Wildman–Crippen MR) is 230 cm³/mol. The number of carbonyl (C=O) groups excluding carboxylic acids is 5. The molecule has 3 heterocycles. The Balaban J connectivity index is 1.31. The second kappa shape index (κ2) is 22.6. The van der Waals surface area contributed by atoms with Crippen LogP contribution in [0, 0.1) is 5.92 Å². The normalized spacial score (nSPS) is 27.7. The van der Waals surface area contributed by atoms with Gasteiger partial charge in [0.05, 0.1) is 34.9 Å². The first-order chi connectivity index (χ1) is 33.2. The van der Waals surface area contributed by atoms with Gasteiger partial charge in [0.25, 0.3) is 5.91 Å². The molecule has 1 saturated heterocycles. The number of nitrogens with zero attached hydrogens (tertiary/aromatic N) is 2. The number of hydrogen-bond acceptors (Lipinski definition) is 20. The highest BCUT2D eigenvalue weighted by Crippen LogP contribution is 2.37. The van der Waals surface area contributed by atoms with Crippen molar-refractivity contribution in [1.82, 2.24) is 15.3 Å². The first kappa shape index (κ1) is 49.6. The summed E-state index contributed by atoms with van der Waals surface area (Å²) in [5.41, 5.74) is -0.345. The quantitative estimate of drug-likeness (QED) is 0.0503. The largest absolute Gasteiger partial charge is 0.507 e. The van der Waals surface area contributed by atoms with Gasteiger partial charge in [-0.2, -0.15) is 9.97 Å². The van der Waals surface area contributed by atoms with E-state index >= 15 is 0 Å². The van der Waals surface area contributed by atoms with Crippen LogP contribution in [0.25, 0.3) is 0 Å². The molecule has 2 fully saturated rings. The molecule has 364 valence electrons. The molecule has 7 rings (SSSR count). The summed E-state index contributed by atoms with van der Waals surface area (Å²) in [6.07, 6.45) is -14.4. The summed E-state index contributed by atoms with van der Waals surface area (Å²) < 4.78 is 48.8. The third-order valence-corrected chi connectivity index (χ3v) is 11.2. The SMILES string of the molecule is CC1OC(OC2C(NC(=O)c3cc(O)nc(O)n3)CC(C=O)CC2OC2OC(COC(=O)c3ccccc3)C(OC(=O)c3ccccc3)C(OCC(=O)O)C2OC(=O)c2ccccc2)C(O)=CC1O. The highest BCUT2D eigenvalue weighted by molar-refractivity contribution is 5.93. The molecule has 3 aromatic carbocycles. The van der Waals surface area contributed by atoms with Gasteiger partial charge in [-0.25, -0.2) is 19.2 Å². The lowest BCUT2D eigenvalue weighted by atomic mass is 9.82. The summed E-state index contributed by atoms with van der Waals surface area (Å²) in [4.78, 5) is 86.8. The molecule has 1 aliphatic carbocycles. The molecule has 4 aromatic rings. The van der Waals surface area contributed by atoms with E-state index in [1.807, 2.05) is 0 Å². The highest BCUT2D eigenvalue weighted by atomic mass is 16.8. The molecular weight excluding hydrogens is 911 g/mol. The second-order valence-corrected chi connectivity index (χ2v) is 16.0. The Labute approximate surface area is 392 Å². The number of nitrogens with one attached hydrogen (secondary N) is 1. The number of amides is 1. The van der Waals surface area contributed by atoms with E-state index in [9.17, 15) is 54.3 Å². The van der Waals surface area contributed by atoms with Crippen molar-refractivity contribution in [1.29, 1.82) is 0 Å². The van der Waals surface area contributed by atoms with E-state index in [0.29, 0.717) is 6.29 Å². The summed E-state index contributed by atoms with van der Waals surface area (Å²) in [6, 6.07) is 21.6. The Hall–Kier alpha value is -7.34. The fourth-order valence-electron chi connectivity index (χ4n) is 7.84. The molecule has 1 saturated carbocycles. The zero-order valence-corrected chi connectivity index (χ0v) is 36.5. The third kappa shape index (κ3) is 12.6. The first-order valence-corrected chi connectivity index (χ1v) is 21.5. The molecular formula is C47H47N3O19. The highest BCUT2D eigenvalue weighted by Gasteiger charge is 2.55. The van der Waals surface area contributed by atoms with Crippen LogP contribution in [-0.4, -0.2) is 152 Å². The van der Waals surface area contributed by atoms with Crippen molar-refractivity contribution >= 4 is 36.1 Å². The summed E-state index contributed by atoms with van der Waals surface area (Å²) >= 11 is 0. The third-order valence-electron chi connectivity index (χ3n) is 11.2. The van der Waals surface area contributed by atoms with Crippen molar-refractivity contribution in [3.05, 3.63) is 131 Å². The Morgan fingerprint density at radius 2 is 1.35 bits per heavy atom. The Kier molecular flexibility index (Phi) is 16.3. The van der Waals surface area contributed by atoms with Gasteiger partial charge in [0.1, 0.15) is 55.4 Å². The number of carbonyl (C=O) groups is 6. The minimum Gasteiger partial charge on any atom is -0.507 e. The molecule has 3 aliphatic rings. The number of aliphatic carboxylic acids is 1. The average Bonchev–Trinajstić information content (AvgIpc) is 3.34. The Morgan fingerprint density at radius 3 is 1.93 bits per heavy atom. The number of aliphatic hydroxyl groups is 2. The van der Waals surface area contributed by atoms with Crippen molar-refractivity contribution in [2.45, 2.75) is 87.2 Å².